The smallest absolute Gasteiger partial charge is 0.127 e. The Bertz CT molecular complexity index is 601. The summed E-state index contributed by atoms with van der Waals surface area (Å²) in [6.45, 7) is 4.74. The largest absolute Gasteiger partial charge is 0.494 e. The first-order valence-electron chi connectivity index (χ1n) is 7.01. The molecule has 1 N–H and O–H groups in total. The summed E-state index contributed by atoms with van der Waals surface area (Å²) in [6.07, 6.45) is 0. The number of rotatable bonds is 6. The lowest BCUT2D eigenvalue weighted by Gasteiger charge is -2.18. The molecule has 2 nitrogen and oxygen atoms in total. The Morgan fingerprint density at radius 2 is 1.90 bits per heavy atom. The Balaban J connectivity index is 2.08. The van der Waals surface area contributed by atoms with E-state index in [0.29, 0.717) is 12.2 Å². The van der Waals surface area contributed by atoms with Gasteiger partial charge < -0.3 is 10.1 Å². The van der Waals surface area contributed by atoms with Crippen molar-refractivity contribution in [2.45, 2.75) is 26.4 Å². The van der Waals surface area contributed by atoms with Crippen molar-refractivity contribution >= 4 is 0 Å². The summed E-state index contributed by atoms with van der Waals surface area (Å²) in [7, 11) is 0. The van der Waals surface area contributed by atoms with Gasteiger partial charge in [0.1, 0.15) is 17.4 Å². The summed E-state index contributed by atoms with van der Waals surface area (Å²) in [6, 6.07) is 11.1. The quantitative estimate of drug-likeness (QED) is 0.860. The highest BCUT2D eigenvalue weighted by molar-refractivity contribution is 5.35. The third kappa shape index (κ3) is 4.02. The molecule has 2 rings (SSSR count). The van der Waals surface area contributed by atoms with Gasteiger partial charge in [0.2, 0.25) is 0 Å². The second-order valence-corrected chi connectivity index (χ2v) is 4.81. The predicted octanol–water partition coefficient (Wildman–Crippen LogP) is 4.21. The van der Waals surface area contributed by atoms with Gasteiger partial charge in [-0.05, 0) is 38.1 Å². The van der Waals surface area contributed by atoms with Gasteiger partial charge in [0.15, 0.2) is 0 Å². The molecule has 0 amide bonds. The van der Waals surface area contributed by atoms with Crippen molar-refractivity contribution < 1.29 is 13.5 Å². The maximum Gasteiger partial charge on any atom is 0.127 e. The van der Waals surface area contributed by atoms with Gasteiger partial charge in [-0.2, -0.15) is 0 Å². The molecule has 0 saturated heterocycles. The second kappa shape index (κ2) is 7.18. The van der Waals surface area contributed by atoms with E-state index in [2.05, 4.69) is 5.32 Å². The van der Waals surface area contributed by atoms with Crippen LogP contribution >= 0.6 is 0 Å². The van der Waals surface area contributed by atoms with Gasteiger partial charge in [-0.15, -0.1) is 0 Å². The first-order valence-corrected chi connectivity index (χ1v) is 7.01. The number of nitrogens with one attached hydrogen (secondary N) is 1. The highest BCUT2D eigenvalue weighted by Crippen LogP contribution is 2.25. The third-order valence-electron chi connectivity index (χ3n) is 3.29. The normalized spacial score (nSPS) is 12.2. The Labute approximate surface area is 123 Å². The number of hydrogen-bond donors (Lipinski definition) is 1. The molecule has 0 radical (unpaired) electrons. The fourth-order valence-electron chi connectivity index (χ4n) is 2.18. The Kier molecular flexibility index (Phi) is 5.28. The molecule has 2 aromatic rings. The molecule has 0 fully saturated rings. The predicted molar refractivity (Wildman–Crippen MR) is 79.2 cm³/mol. The first kappa shape index (κ1) is 15.4. The highest BCUT2D eigenvalue weighted by atomic mass is 19.1. The summed E-state index contributed by atoms with van der Waals surface area (Å²) in [5.41, 5.74) is 1.31. The average molecular weight is 291 g/mol. The summed E-state index contributed by atoms with van der Waals surface area (Å²) in [5.74, 6) is -0.0375. The number of hydrogen-bond acceptors (Lipinski definition) is 2. The lowest BCUT2D eigenvalue weighted by molar-refractivity contribution is 0.332. The minimum atomic E-state index is -0.435. The second-order valence-electron chi connectivity index (χ2n) is 4.81. The SMILES string of the molecule is CCOc1ccccc1C(C)NCc1cc(F)ccc1F. The molecule has 0 spiro atoms. The topological polar surface area (TPSA) is 21.3 Å². The zero-order valence-corrected chi connectivity index (χ0v) is 12.2. The molecule has 4 heteroatoms. The van der Waals surface area contributed by atoms with Crippen LogP contribution in [0.1, 0.15) is 31.0 Å². The highest BCUT2D eigenvalue weighted by Gasteiger charge is 2.12. The Morgan fingerprint density at radius 3 is 2.67 bits per heavy atom. The van der Waals surface area contributed by atoms with Crippen LogP contribution in [0.15, 0.2) is 42.5 Å². The minimum absolute atomic E-state index is 0.0320. The van der Waals surface area contributed by atoms with E-state index in [9.17, 15) is 8.78 Å². The summed E-state index contributed by atoms with van der Waals surface area (Å²) < 4.78 is 32.3. The fraction of sp³-hybridized carbons (Fsp3) is 0.294. The number of halogens is 2. The molecule has 0 aliphatic rings. The first-order chi connectivity index (χ1) is 10.1. The molecule has 0 aliphatic heterocycles. The summed E-state index contributed by atoms with van der Waals surface area (Å²) >= 11 is 0. The fourth-order valence-corrected chi connectivity index (χ4v) is 2.18. The van der Waals surface area contributed by atoms with Crippen LogP contribution in [-0.4, -0.2) is 6.61 Å². The zero-order chi connectivity index (χ0) is 15.2. The maximum atomic E-state index is 13.6. The van der Waals surface area contributed by atoms with Crippen molar-refractivity contribution in [1.82, 2.24) is 5.32 Å². The van der Waals surface area contributed by atoms with Crippen LogP contribution in [0, 0.1) is 11.6 Å². The van der Waals surface area contributed by atoms with Crippen LogP contribution in [0.2, 0.25) is 0 Å². The van der Waals surface area contributed by atoms with E-state index in [1.54, 1.807) is 0 Å². The zero-order valence-electron chi connectivity index (χ0n) is 12.2. The van der Waals surface area contributed by atoms with Crippen LogP contribution < -0.4 is 10.1 Å². The molecule has 1 unspecified atom stereocenters. The van der Waals surface area contributed by atoms with Crippen molar-refractivity contribution in [2.24, 2.45) is 0 Å². The van der Waals surface area contributed by atoms with Crippen LogP contribution in [0.3, 0.4) is 0 Å². The standard InChI is InChI=1S/C17H19F2NO/c1-3-21-17-7-5-4-6-15(17)12(2)20-11-13-10-14(18)8-9-16(13)19/h4-10,12,20H,3,11H2,1-2H3. The van der Waals surface area contributed by atoms with Gasteiger partial charge in [-0.1, -0.05) is 18.2 Å². The van der Waals surface area contributed by atoms with Gasteiger partial charge >= 0.3 is 0 Å². The summed E-state index contributed by atoms with van der Waals surface area (Å²) in [4.78, 5) is 0. The van der Waals surface area contributed by atoms with E-state index in [1.165, 1.54) is 6.07 Å². The van der Waals surface area contributed by atoms with Crippen LogP contribution in [0.4, 0.5) is 8.78 Å². The maximum absolute atomic E-state index is 13.6. The molecule has 21 heavy (non-hydrogen) atoms. The molecule has 2 aromatic carbocycles. The molecule has 0 bridgehead atoms. The molecular weight excluding hydrogens is 272 g/mol. The average Bonchev–Trinajstić information content (AvgIpc) is 2.49. The lowest BCUT2D eigenvalue weighted by atomic mass is 10.1. The van der Waals surface area contributed by atoms with E-state index >= 15 is 0 Å². The Morgan fingerprint density at radius 1 is 1.14 bits per heavy atom. The van der Waals surface area contributed by atoms with E-state index in [-0.39, 0.29) is 12.6 Å². The third-order valence-corrected chi connectivity index (χ3v) is 3.29. The van der Waals surface area contributed by atoms with Crippen molar-refractivity contribution in [2.75, 3.05) is 6.61 Å². The van der Waals surface area contributed by atoms with Gasteiger partial charge in [0.25, 0.3) is 0 Å². The Hall–Kier alpha value is -1.94. The minimum Gasteiger partial charge on any atom is -0.494 e. The monoisotopic (exact) mass is 291 g/mol. The van der Waals surface area contributed by atoms with Crippen molar-refractivity contribution in [3.63, 3.8) is 0 Å². The molecule has 0 aliphatic carbocycles. The molecule has 0 heterocycles. The van der Waals surface area contributed by atoms with Crippen LogP contribution in [-0.2, 0) is 6.54 Å². The molecular formula is C17H19F2NO. The molecule has 1 atom stereocenters. The van der Waals surface area contributed by atoms with Crippen LogP contribution in [0.25, 0.3) is 0 Å². The van der Waals surface area contributed by atoms with Gasteiger partial charge in [0.05, 0.1) is 6.61 Å². The van der Waals surface area contributed by atoms with Gasteiger partial charge in [0, 0.05) is 23.7 Å². The van der Waals surface area contributed by atoms with E-state index in [4.69, 9.17) is 4.74 Å². The number of para-hydroxylation sites is 1. The van der Waals surface area contributed by atoms with Crippen molar-refractivity contribution in [3.8, 4) is 5.75 Å². The molecule has 0 aromatic heterocycles. The van der Waals surface area contributed by atoms with E-state index in [0.717, 1.165) is 23.4 Å². The van der Waals surface area contributed by atoms with Gasteiger partial charge in [-0.3, -0.25) is 0 Å². The number of benzene rings is 2. The van der Waals surface area contributed by atoms with E-state index in [1.807, 2.05) is 38.1 Å². The molecule has 0 saturated carbocycles. The van der Waals surface area contributed by atoms with Crippen molar-refractivity contribution in [1.29, 1.82) is 0 Å². The van der Waals surface area contributed by atoms with Crippen molar-refractivity contribution in [3.05, 3.63) is 65.2 Å². The lowest BCUT2D eigenvalue weighted by Crippen LogP contribution is -2.19. The van der Waals surface area contributed by atoms with E-state index < -0.39 is 11.6 Å². The molecule has 112 valence electrons. The number of ether oxygens (including phenoxy) is 1. The van der Waals surface area contributed by atoms with Crippen LogP contribution in [0.5, 0.6) is 5.75 Å². The van der Waals surface area contributed by atoms with Gasteiger partial charge in [-0.25, -0.2) is 8.78 Å². The summed E-state index contributed by atoms with van der Waals surface area (Å²) in [5, 5.41) is 3.20.